The van der Waals surface area contributed by atoms with E-state index in [1.165, 1.54) is 24.3 Å². The van der Waals surface area contributed by atoms with Gasteiger partial charge in [-0.1, -0.05) is 30.3 Å². The zero-order valence-corrected chi connectivity index (χ0v) is 15.3. The van der Waals surface area contributed by atoms with Crippen LogP contribution in [-0.2, 0) is 25.6 Å². The zero-order chi connectivity index (χ0) is 20.2. The van der Waals surface area contributed by atoms with Gasteiger partial charge in [0.25, 0.3) is 5.69 Å². The van der Waals surface area contributed by atoms with E-state index in [9.17, 15) is 14.9 Å². The Hall–Kier alpha value is -3.01. The maximum Gasteiger partial charge on any atom is 0.514 e. The Morgan fingerprint density at radius 2 is 1.72 bits per heavy atom. The maximum atomic E-state index is 12.1. The molecule has 0 radical (unpaired) electrons. The third kappa shape index (κ3) is 4.53. The number of carbonyl (C=O) groups excluding carboxylic acids is 1. The molecule has 0 bridgehead atoms. The Labute approximate surface area is 166 Å². The number of fused-ring (bicyclic) bond motifs is 1. The van der Waals surface area contributed by atoms with E-state index in [4.69, 9.17) is 23.7 Å². The average Bonchev–Trinajstić information content (AvgIpc) is 3.31. The van der Waals surface area contributed by atoms with Crippen LogP contribution in [0.2, 0.25) is 0 Å². The first-order chi connectivity index (χ1) is 14.1. The minimum absolute atomic E-state index is 0.0979. The fourth-order valence-electron chi connectivity index (χ4n) is 3.39. The largest absolute Gasteiger partial charge is 0.514 e. The van der Waals surface area contributed by atoms with E-state index in [1.807, 2.05) is 30.3 Å². The second kappa shape index (κ2) is 8.56. The van der Waals surface area contributed by atoms with Crippen molar-refractivity contribution < 1.29 is 33.4 Å². The highest BCUT2D eigenvalue weighted by Crippen LogP contribution is 2.35. The van der Waals surface area contributed by atoms with Gasteiger partial charge in [0.05, 0.1) is 36.8 Å². The molecule has 2 aliphatic heterocycles. The SMILES string of the molecule is O=C(Oc1ccc([N+](=O)[O-])cc1)O[C@H]1CO[C@@H]2OC[C@@H](OCc3ccccc3)[C@H]21. The van der Waals surface area contributed by atoms with Crippen molar-refractivity contribution in [3.8, 4) is 5.75 Å². The number of benzene rings is 2. The molecule has 9 heteroatoms. The van der Waals surface area contributed by atoms with Crippen LogP contribution in [0.15, 0.2) is 54.6 Å². The lowest BCUT2D eigenvalue weighted by atomic mass is 10.00. The van der Waals surface area contributed by atoms with Gasteiger partial charge in [-0.05, 0) is 17.7 Å². The highest BCUT2D eigenvalue weighted by Gasteiger charge is 2.50. The normalized spacial score (nSPS) is 25.4. The summed E-state index contributed by atoms with van der Waals surface area (Å²) in [7, 11) is 0. The minimum atomic E-state index is -0.915. The Bertz CT molecular complexity index is 857. The molecule has 0 aliphatic carbocycles. The van der Waals surface area contributed by atoms with Gasteiger partial charge in [-0.25, -0.2) is 4.79 Å². The van der Waals surface area contributed by atoms with Crippen molar-refractivity contribution in [2.24, 2.45) is 5.92 Å². The van der Waals surface area contributed by atoms with E-state index in [0.717, 1.165) is 5.56 Å². The predicted molar refractivity (Wildman–Crippen MR) is 98.2 cm³/mol. The first-order valence-corrected chi connectivity index (χ1v) is 9.12. The summed E-state index contributed by atoms with van der Waals surface area (Å²) in [5.74, 6) is -0.112. The third-order valence-corrected chi connectivity index (χ3v) is 4.83. The summed E-state index contributed by atoms with van der Waals surface area (Å²) >= 11 is 0. The molecule has 152 valence electrons. The van der Waals surface area contributed by atoms with Crippen LogP contribution in [-0.4, -0.2) is 42.8 Å². The molecule has 2 aromatic carbocycles. The monoisotopic (exact) mass is 401 g/mol. The second-order valence-corrected chi connectivity index (χ2v) is 6.71. The van der Waals surface area contributed by atoms with Crippen molar-refractivity contribution >= 4 is 11.8 Å². The van der Waals surface area contributed by atoms with Crippen LogP contribution < -0.4 is 4.74 Å². The summed E-state index contributed by atoms with van der Waals surface area (Å²) in [6, 6.07) is 14.9. The van der Waals surface area contributed by atoms with E-state index in [-0.39, 0.29) is 30.1 Å². The fraction of sp³-hybridized carbons (Fsp3) is 0.350. The summed E-state index contributed by atoms with van der Waals surface area (Å²) < 4.78 is 27.6. The molecule has 4 atom stereocenters. The van der Waals surface area contributed by atoms with Gasteiger partial charge in [-0.15, -0.1) is 0 Å². The van der Waals surface area contributed by atoms with Crippen molar-refractivity contribution in [2.45, 2.75) is 25.1 Å². The maximum absolute atomic E-state index is 12.1. The number of non-ortho nitro benzene ring substituents is 1. The number of nitrogens with zero attached hydrogens (tertiary/aromatic N) is 1. The summed E-state index contributed by atoms with van der Waals surface area (Å²) in [5, 5.41) is 10.7. The molecule has 0 spiro atoms. The summed E-state index contributed by atoms with van der Waals surface area (Å²) in [4.78, 5) is 22.3. The van der Waals surface area contributed by atoms with Crippen molar-refractivity contribution in [3.05, 3.63) is 70.3 Å². The molecule has 2 aromatic rings. The molecule has 0 unspecified atom stereocenters. The molecule has 2 fully saturated rings. The highest BCUT2D eigenvalue weighted by atomic mass is 16.8. The van der Waals surface area contributed by atoms with Gasteiger partial charge in [0, 0.05) is 12.1 Å². The molecule has 0 N–H and O–H groups in total. The second-order valence-electron chi connectivity index (χ2n) is 6.71. The number of nitro benzene ring substituents is 1. The number of ether oxygens (including phenoxy) is 5. The molecule has 29 heavy (non-hydrogen) atoms. The lowest BCUT2D eigenvalue weighted by Crippen LogP contribution is -2.36. The van der Waals surface area contributed by atoms with Crippen LogP contribution >= 0.6 is 0 Å². The topological polar surface area (TPSA) is 106 Å². The lowest BCUT2D eigenvalue weighted by Gasteiger charge is -2.22. The number of rotatable bonds is 6. The Morgan fingerprint density at radius 3 is 2.41 bits per heavy atom. The van der Waals surface area contributed by atoms with Crippen LogP contribution in [0.1, 0.15) is 5.56 Å². The van der Waals surface area contributed by atoms with E-state index in [0.29, 0.717) is 13.2 Å². The van der Waals surface area contributed by atoms with Crippen molar-refractivity contribution in [1.82, 2.24) is 0 Å². The predicted octanol–water partition coefficient (Wildman–Crippen LogP) is 3.07. The molecule has 0 aromatic heterocycles. The average molecular weight is 401 g/mol. The van der Waals surface area contributed by atoms with Gasteiger partial charge in [0.15, 0.2) is 6.29 Å². The number of nitro groups is 1. The molecule has 2 saturated heterocycles. The first-order valence-electron chi connectivity index (χ1n) is 9.12. The zero-order valence-electron chi connectivity index (χ0n) is 15.3. The van der Waals surface area contributed by atoms with Crippen LogP contribution in [0.4, 0.5) is 10.5 Å². The standard InChI is InChI=1S/C20H19NO8/c22-20(28-15-8-6-14(7-9-15)21(23)24)29-17-12-27-19-18(17)16(11-26-19)25-10-13-4-2-1-3-5-13/h1-9,16-19H,10-12H2/t16-,17+,18+,19+/m1/s1. The van der Waals surface area contributed by atoms with E-state index < -0.39 is 23.5 Å². The summed E-state index contributed by atoms with van der Waals surface area (Å²) in [6.07, 6.45) is -2.26. The van der Waals surface area contributed by atoms with Gasteiger partial charge in [-0.3, -0.25) is 10.1 Å². The van der Waals surface area contributed by atoms with E-state index >= 15 is 0 Å². The molecule has 2 aliphatic rings. The van der Waals surface area contributed by atoms with Gasteiger partial charge >= 0.3 is 6.16 Å². The molecular formula is C20H19NO8. The van der Waals surface area contributed by atoms with Crippen LogP contribution in [0, 0.1) is 16.0 Å². The Balaban J connectivity index is 1.33. The van der Waals surface area contributed by atoms with Gasteiger partial charge in [-0.2, -0.15) is 0 Å². The summed E-state index contributed by atoms with van der Waals surface area (Å²) in [5.41, 5.74) is 0.934. The quantitative estimate of drug-likeness (QED) is 0.315. The molecule has 9 nitrogen and oxygen atoms in total. The van der Waals surface area contributed by atoms with Crippen molar-refractivity contribution in [1.29, 1.82) is 0 Å². The van der Waals surface area contributed by atoms with Gasteiger partial charge in [0.1, 0.15) is 11.9 Å². The first kappa shape index (κ1) is 19.3. The van der Waals surface area contributed by atoms with Crippen molar-refractivity contribution in [3.63, 3.8) is 0 Å². The van der Waals surface area contributed by atoms with Crippen molar-refractivity contribution in [2.75, 3.05) is 13.2 Å². The van der Waals surface area contributed by atoms with Crippen LogP contribution in [0.25, 0.3) is 0 Å². The van der Waals surface area contributed by atoms with Crippen LogP contribution in [0.5, 0.6) is 5.75 Å². The lowest BCUT2D eigenvalue weighted by molar-refractivity contribution is -0.384. The molecule has 2 heterocycles. The van der Waals surface area contributed by atoms with Gasteiger partial charge in [0.2, 0.25) is 0 Å². The number of carbonyl (C=O) groups is 1. The van der Waals surface area contributed by atoms with E-state index in [1.54, 1.807) is 0 Å². The minimum Gasteiger partial charge on any atom is -0.428 e. The smallest absolute Gasteiger partial charge is 0.428 e. The van der Waals surface area contributed by atoms with E-state index in [2.05, 4.69) is 0 Å². The molecular weight excluding hydrogens is 382 g/mol. The molecule has 4 rings (SSSR count). The van der Waals surface area contributed by atoms with Crippen LogP contribution in [0.3, 0.4) is 0 Å². The fourth-order valence-corrected chi connectivity index (χ4v) is 3.39. The summed E-state index contributed by atoms with van der Waals surface area (Å²) in [6.45, 7) is 0.938. The third-order valence-electron chi connectivity index (χ3n) is 4.83. The molecule has 0 amide bonds. The number of hydrogen-bond donors (Lipinski definition) is 0. The Morgan fingerprint density at radius 1 is 1.03 bits per heavy atom. The van der Waals surface area contributed by atoms with Gasteiger partial charge < -0.3 is 23.7 Å². The highest BCUT2D eigenvalue weighted by molar-refractivity contribution is 5.64. The Kier molecular flexibility index (Phi) is 5.70. The molecule has 0 saturated carbocycles. The number of hydrogen-bond acceptors (Lipinski definition) is 8.